The minimum atomic E-state index is -0.805. The summed E-state index contributed by atoms with van der Waals surface area (Å²) < 4.78 is 0. The van der Waals surface area contributed by atoms with Gasteiger partial charge in [0.15, 0.2) is 5.78 Å². The highest BCUT2D eigenvalue weighted by Gasteiger charge is 2.45. The van der Waals surface area contributed by atoms with Gasteiger partial charge in [0.25, 0.3) is 0 Å². The molecule has 0 radical (unpaired) electrons. The third-order valence-corrected chi connectivity index (χ3v) is 7.88. The quantitative estimate of drug-likeness (QED) is 0.762. The lowest BCUT2D eigenvalue weighted by molar-refractivity contribution is -0.128. The summed E-state index contributed by atoms with van der Waals surface area (Å²) in [6.45, 7) is 7.00. The topological polar surface area (TPSA) is 76.1 Å². The van der Waals surface area contributed by atoms with Crippen LogP contribution in [0.1, 0.15) is 18.4 Å². The highest BCUT2D eigenvalue weighted by molar-refractivity contribution is 6.30. The number of rotatable bonds is 3. The average Bonchev–Trinajstić information content (AvgIpc) is 3.41. The molecule has 162 valence electrons. The van der Waals surface area contributed by atoms with E-state index in [4.69, 9.17) is 11.6 Å². The van der Waals surface area contributed by atoms with Gasteiger partial charge in [-0.15, -0.1) is 0 Å². The van der Waals surface area contributed by atoms with Crippen LogP contribution in [0.5, 0.6) is 0 Å². The molecular weight excluding hydrogens is 404 g/mol. The van der Waals surface area contributed by atoms with Crippen LogP contribution in [-0.2, 0) is 11.3 Å². The molecule has 7 nitrogen and oxygen atoms in total. The second-order valence-corrected chi connectivity index (χ2v) is 9.91. The first kappa shape index (κ1) is 20.1. The zero-order chi connectivity index (χ0) is 20.9. The van der Waals surface area contributed by atoms with Gasteiger partial charge in [-0.3, -0.25) is 9.69 Å². The number of benzene rings is 1. The van der Waals surface area contributed by atoms with E-state index >= 15 is 0 Å². The zero-order valence-electron chi connectivity index (χ0n) is 17.1. The van der Waals surface area contributed by atoms with Crippen molar-refractivity contribution in [3.63, 3.8) is 0 Å². The molecule has 5 rings (SSSR count). The van der Waals surface area contributed by atoms with E-state index in [1.807, 2.05) is 12.1 Å². The van der Waals surface area contributed by atoms with Crippen LogP contribution in [0.3, 0.4) is 0 Å². The van der Waals surface area contributed by atoms with E-state index in [1.165, 1.54) is 5.56 Å². The van der Waals surface area contributed by atoms with E-state index < -0.39 is 6.09 Å². The van der Waals surface area contributed by atoms with Gasteiger partial charge >= 0.3 is 6.09 Å². The predicted octanol–water partition coefficient (Wildman–Crippen LogP) is 2.14. The SMILES string of the molecule is O=C(O)N1CC2CN(Cc3ccc(Cl)cc3N3CCC4(CCNC4)C(=O)C3)CC2C1. The molecule has 2 N–H and O–H groups in total. The first-order valence-electron chi connectivity index (χ1n) is 10.9. The van der Waals surface area contributed by atoms with E-state index in [2.05, 4.69) is 21.2 Å². The molecule has 4 aliphatic heterocycles. The normalized spacial score (nSPS) is 31.7. The molecule has 3 atom stereocenters. The standard InChI is InChI=1S/C22H29ClN4O3/c23-18-2-1-15(8-25-9-16-11-27(21(29)30)12-17(16)10-25)19(7-18)26-6-4-22(20(28)13-26)3-5-24-14-22/h1-2,7,16-17,24H,3-6,8-14H2,(H,29,30). The minimum absolute atomic E-state index is 0.169. The molecule has 0 aromatic heterocycles. The Labute approximate surface area is 181 Å². The second-order valence-electron chi connectivity index (χ2n) is 9.48. The molecule has 4 heterocycles. The summed E-state index contributed by atoms with van der Waals surface area (Å²) in [6.07, 6.45) is 1.04. The molecule has 0 saturated carbocycles. The second kappa shape index (κ2) is 7.70. The number of amides is 1. The molecule has 0 aliphatic carbocycles. The molecule has 0 bridgehead atoms. The molecule has 3 unspecified atom stereocenters. The first-order chi connectivity index (χ1) is 14.4. The number of carboxylic acid groups (broad SMARTS) is 1. The van der Waals surface area contributed by atoms with Gasteiger partial charge in [0.1, 0.15) is 0 Å². The van der Waals surface area contributed by atoms with Crippen molar-refractivity contribution in [3.8, 4) is 0 Å². The van der Waals surface area contributed by atoms with Crippen LogP contribution in [0.2, 0.25) is 5.02 Å². The van der Waals surface area contributed by atoms with Gasteiger partial charge in [-0.05, 0) is 48.9 Å². The van der Waals surface area contributed by atoms with Crippen molar-refractivity contribution < 1.29 is 14.7 Å². The summed E-state index contributed by atoms with van der Waals surface area (Å²) in [4.78, 5) is 30.4. The Morgan fingerprint density at radius 2 is 1.97 bits per heavy atom. The molecule has 1 aromatic rings. The van der Waals surface area contributed by atoms with Crippen LogP contribution in [0.25, 0.3) is 0 Å². The molecule has 1 aromatic carbocycles. The lowest BCUT2D eigenvalue weighted by Gasteiger charge is -2.39. The van der Waals surface area contributed by atoms with Gasteiger partial charge in [0, 0.05) is 61.9 Å². The van der Waals surface area contributed by atoms with Crippen LogP contribution in [-0.4, -0.2) is 79.1 Å². The third kappa shape index (κ3) is 3.57. The largest absolute Gasteiger partial charge is 0.465 e. The van der Waals surface area contributed by atoms with E-state index in [0.29, 0.717) is 42.3 Å². The Morgan fingerprint density at radius 1 is 1.20 bits per heavy atom. The first-order valence-corrected chi connectivity index (χ1v) is 11.3. The number of hydrogen-bond acceptors (Lipinski definition) is 5. The molecule has 4 aliphatic rings. The fraction of sp³-hybridized carbons (Fsp3) is 0.636. The maximum atomic E-state index is 13.0. The summed E-state index contributed by atoms with van der Waals surface area (Å²) >= 11 is 6.34. The average molecular weight is 433 g/mol. The molecule has 4 fully saturated rings. The van der Waals surface area contributed by atoms with E-state index in [9.17, 15) is 14.7 Å². The number of nitrogens with zero attached hydrogens (tertiary/aromatic N) is 3. The zero-order valence-corrected chi connectivity index (χ0v) is 17.9. The Morgan fingerprint density at radius 3 is 2.60 bits per heavy atom. The summed E-state index contributed by atoms with van der Waals surface area (Å²) in [5, 5.41) is 13.3. The van der Waals surface area contributed by atoms with Crippen molar-refractivity contribution in [1.29, 1.82) is 0 Å². The van der Waals surface area contributed by atoms with Crippen molar-refractivity contribution in [1.82, 2.24) is 15.1 Å². The van der Waals surface area contributed by atoms with Gasteiger partial charge < -0.3 is 20.2 Å². The van der Waals surface area contributed by atoms with Crippen molar-refractivity contribution in [2.45, 2.75) is 19.4 Å². The van der Waals surface area contributed by atoms with Crippen LogP contribution < -0.4 is 10.2 Å². The summed E-state index contributed by atoms with van der Waals surface area (Å²) in [5.74, 6) is 1.18. The minimum Gasteiger partial charge on any atom is -0.465 e. The molecular formula is C22H29ClN4O3. The summed E-state index contributed by atoms with van der Waals surface area (Å²) in [5.41, 5.74) is 2.10. The van der Waals surface area contributed by atoms with Gasteiger partial charge in [-0.25, -0.2) is 4.79 Å². The Bertz CT molecular complexity index is 843. The van der Waals surface area contributed by atoms with Crippen molar-refractivity contribution in [2.24, 2.45) is 17.3 Å². The van der Waals surface area contributed by atoms with Crippen molar-refractivity contribution in [3.05, 3.63) is 28.8 Å². The fourth-order valence-corrected chi connectivity index (χ4v) is 6.06. The number of carbonyl (C=O) groups excluding carboxylic acids is 1. The van der Waals surface area contributed by atoms with E-state index in [0.717, 1.165) is 57.8 Å². The molecule has 30 heavy (non-hydrogen) atoms. The van der Waals surface area contributed by atoms with Gasteiger partial charge in [-0.2, -0.15) is 0 Å². The number of likely N-dealkylation sites (tertiary alicyclic amines) is 2. The maximum absolute atomic E-state index is 13.0. The predicted molar refractivity (Wildman–Crippen MR) is 115 cm³/mol. The Balaban J connectivity index is 1.29. The number of anilines is 1. The fourth-order valence-electron chi connectivity index (χ4n) is 5.89. The van der Waals surface area contributed by atoms with Crippen LogP contribution >= 0.6 is 11.6 Å². The highest BCUT2D eigenvalue weighted by Crippen LogP contribution is 2.38. The van der Waals surface area contributed by atoms with Crippen molar-refractivity contribution in [2.75, 3.05) is 57.3 Å². The molecule has 1 spiro atoms. The number of fused-ring (bicyclic) bond motifs is 1. The maximum Gasteiger partial charge on any atom is 0.407 e. The van der Waals surface area contributed by atoms with Crippen LogP contribution in [0.4, 0.5) is 10.5 Å². The van der Waals surface area contributed by atoms with Gasteiger partial charge in [0.05, 0.1) is 6.54 Å². The van der Waals surface area contributed by atoms with E-state index in [-0.39, 0.29) is 5.41 Å². The van der Waals surface area contributed by atoms with Gasteiger partial charge in [-0.1, -0.05) is 17.7 Å². The third-order valence-electron chi connectivity index (χ3n) is 7.64. The number of nitrogens with one attached hydrogen (secondary N) is 1. The summed E-state index contributed by atoms with van der Waals surface area (Å²) in [6, 6.07) is 6.01. The van der Waals surface area contributed by atoms with E-state index in [1.54, 1.807) is 4.90 Å². The lowest BCUT2D eigenvalue weighted by Crippen LogP contribution is -2.49. The summed E-state index contributed by atoms with van der Waals surface area (Å²) in [7, 11) is 0. The smallest absolute Gasteiger partial charge is 0.407 e. The number of Topliss-reactive ketones (excluding diaryl/α,β-unsaturated/α-hetero) is 1. The van der Waals surface area contributed by atoms with Crippen LogP contribution in [0.15, 0.2) is 18.2 Å². The van der Waals surface area contributed by atoms with Gasteiger partial charge in [0.2, 0.25) is 0 Å². The number of carbonyl (C=O) groups is 2. The van der Waals surface area contributed by atoms with Crippen molar-refractivity contribution >= 4 is 29.2 Å². The lowest BCUT2D eigenvalue weighted by atomic mass is 9.76. The molecule has 1 amide bonds. The number of halogens is 1. The number of ketones is 1. The Hall–Kier alpha value is -1.83. The number of piperidine rings is 1. The molecule has 8 heteroatoms. The highest BCUT2D eigenvalue weighted by atomic mass is 35.5. The van der Waals surface area contributed by atoms with Crippen LogP contribution in [0, 0.1) is 17.3 Å². The number of hydrogen-bond donors (Lipinski definition) is 2. The Kier molecular flexibility index (Phi) is 5.16. The molecule has 4 saturated heterocycles. The monoisotopic (exact) mass is 432 g/mol.